The van der Waals surface area contributed by atoms with Gasteiger partial charge in [0.2, 0.25) is 0 Å². The molecule has 0 aliphatic carbocycles. The Morgan fingerprint density at radius 2 is 2.21 bits per heavy atom. The van der Waals surface area contributed by atoms with Crippen molar-refractivity contribution in [3.8, 4) is 0 Å². The quantitative estimate of drug-likeness (QED) is 0.689. The maximum Gasteiger partial charge on any atom is 0.254 e. The predicted octanol–water partition coefficient (Wildman–Crippen LogP) is 1.07. The Labute approximate surface area is 114 Å². The Morgan fingerprint density at radius 3 is 2.84 bits per heavy atom. The highest BCUT2D eigenvalue weighted by molar-refractivity contribution is 5.95. The molecule has 1 aromatic rings. The third kappa shape index (κ3) is 4.50. The van der Waals surface area contributed by atoms with Gasteiger partial charge in [0.25, 0.3) is 5.91 Å². The molecule has 1 aromatic carbocycles. The van der Waals surface area contributed by atoms with Crippen molar-refractivity contribution in [3.05, 3.63) is 48.0 Å². The third-order valence-electron chi connectivity index (χ3n) is 2.90. The van der Waals surface area contributed by atoms with E-state index in [9.17, 15) is 4.79 Å². The lowest BCUT2D eigenvalue weighted by molar-refractivity contribution is 0.0742. The SMILES string of the molecule is C=CCN(CCO)C(=O)c1ccccc1CCNC. The molecule has 0 spiro atoms. The lowest BCUT2D eigenvalue weighted by atomic mass is 10.0. The van der Waals surface area contributed by atoms with Crippen LogP contribution in [0.15, 0.2) is 36.9 Å². The monoisotopic (exact) mass is 262 g/mol. The largest absolute Gasteiger partial charge is 0.395 e. The van der Waals surface area contributed by atoms with Gasteiger partial charge in [-0.15, -0.1) is 6.58 Å². The summed E-state index contributed by atoms with van der Waals surface area (Å²) in [6.45, 7) is 5.20. The van der Waals surface area contributed by atoms with Gasteiger partial charge in [0.1, 0.15) is 0 Å². The molecule has 0 atom stereocenters. The van der Waals surface area contributed by atoms with E-state index < -0.39 is 0 Å². The molecule has 0 saturated heterocycles. The standard InChI is InChI=1S/C15H22N2O2/c1-3-10-17(11-12-18)15(19)14-7-5-4-6-13(14)8-9-16-2/h3-7,16,18H,1,8-12H2,2H3. The van der Waals surface area contributed by atoms with Crippen LogP contribution in [0.4, 0.5) is 0 Å². The molecule has 4 heteroatoms. The van der Waals surface area contributed by atoms with E-state index in [1.54, 1.807) is 11.0 Å². The number of nitrogens with zero attached hydrogens (tertiary/aromatic N) is 1. The summed E-state index contributed by atoms with van der Waals surface area (Å²) in [7, 11) is 1.89. The number of nitrogens with one attached hydrogen (secondary N) is 1. The van der Waals surface area contributed by atoms with Gasteiger partial charge >= 0.3 is 0 Å². The van der Waals surface area contributed by atoms with E-state index in [0.29, 0.717) is 18.7 Å². The Balaban J connectivity index is 2.92. The van der Waals surface area contributed by atoms with E-state index in [0.717, 1.165) is 18.5 Å². The lowest BCUT2D eigenvalue weighted by Gasteiger charge is -2.21. The first-order chi connectivity index (χ1) is 9.24. The number of carbonyl (C=O) groups is 1. The molecule has 1 rings (SSSR count). The normalized spacial score (nSPS) is 10.2. The van der Waals surface area contributed by atoms with Crippen molar-refractivity contribution in [1.82, 2.24) is 10.2 Å². The third-order valence-corrected chi connectivity index (χ3v) is 2.90. The fourth-order valence-electron chi connectivity index (χ4n) is 1.93. The van der Waals surface area contributed by atoms with Crippen molar-refractivity contribution in [2.24, 2.45) is 0 Å². The van der Waals surface area contributed by atoms with Crippen LogP contribution in [0.2, 0.25) is 0 Å². The molecule has 19 heavy (non-hydrogen) atoms. The fraction of sp³-hybridized carbons (Fsp3) is 0.400. The molecule has 0 aromatic heterocycles. The number of carbonyl (C=O) groups excluding carboxylic acids is 1. The number of hydrogen-bond donors (Lipinski definition) is 2. The molecule has 0 saturated carbocycles. The fourth-order valence-corrected chi connectivity index (χ4v) is 1.93. The highest BCUT2D eigenvalue weighted by Gasteiger charge is 2.16. The Kier molecular flexibility index (Phi) is 6.85. The second kappa shape index (κ2) is 8.45. The Hall–Kier alpha value is -1.65. The van der Waals surface area contributed by atoms with Gasteiger partial charge in [-0.2, -0.15) is 0 Å². The van der Waals surface area contributed by atoms with Crippen molar-refractivity contribution in [2.75, 3.05) is 33.3 Å². The van der Waals surface area contributed by atoms with Crippen molar-refractivity contribution in [3.63, 3.8) is 0 Å². The molecule has 0 aliphatic heterocycles. The van der Waals surface area contributed by atoms with Crippen LogP contribution in [0.5, 0.6) is 0 Å². The summed E-state index contributed by atoms with van der Waals surface area (Å²) in [5.74, 6) is -0.0550. The van der Waals surface area contributed by atoms with Crippen LogP contribution < -0.4 is 5.32 Å². The highest BCUT2D eigenvalue weighted by atomic mass is 16.3. The van der Waals surface area contributed by atoms with E-state index in [2.05, 4.69) is 11.9 Å². The first kappa shape index (κ1) is 15.4. The number of likely N-dealkylation sites (N-methyl/N-ethyl adjacent to an activating group) is 1. The van der Waals surface area contributed by atoms with Crippen molar-refractivity contribution < 1.29 is 9.90 Å². The van der Waals surface area contributed by atoms with Gasteiger partial charge in [0.05, 0.1) is 6.61 Å². The summed E-state index contributed by atoms with van der Waals surface area (Å²) in [6.07, 6.45) is 2.48. The zero-order valence-corrected chi connectivity index (χ0v) is 11.4. The summed E-state index contributed by atoms with van der Waals surface area (Å²) in [6, 6.07) is 7.60. The van der Waals surface area contributed by atoms with Gasteiger partial charge in [-0.3, -0.25) is 4.79 Å². The average Bonchev–Trinajstić information content (AvgIpc) is 2.44. The summed E-state index contributed by atoms with van der Waals surface area (Å²) in [5, 5.41) is 12.1. The number of rotatable bonds is 8. The average molecular weight is 262 g/mol. The van der Waals surface area contributed by atoms with E-state index in [1.165, 1.54) is 0 Å². The van der Waals surface area contributed by atoms with Crippen LogP contribution in [0.1, 0.15) is 15.9 Å². The molecular formula is C15H22N2O2. The number of hydrogen-bond acceptors (Lipinski definition) is 3. The predicted molar refractivity (Wildman–Crippen MR) is 77.3 cm³/mol. The topological polar surface area (TPSA) is 52.6 Å². The van der Waals surface area contributed by atoms with Gasteiger partial charge in [0.15, 0.2) is 0 Å². The molecule has 104 valence electrons. The van der Waals surface area contributed by atoms with E-state index in [1.807, 2.05) is 31.3 Å². The number of amides is 1. The summed E-state index contributed by atoms with van der Waals surface area (Å²) in [5.41, 5.74) is 1.72. The van der Waals surface area contributed by atoms with Crippen LogP contribution in [-0.2, 0) is 6.42 Å². The molecule has 1 amide bonds. The first-order valence-electron chi connectivity index (χ1n) is 6.48. The molecule has 0 radical (unpaired) electrons. The van der Waals surface area contributed by atoms with E-state index in [-0.39, 0.29) is 12.5 Å². The molecule has 4 nitrogen and oxygen atoms in total. The van der Waals surface area contributed by atoms with E-state index >= 15 is 0 Å². The maximum absolute atomic E-state index is 12.5. The molecule has 0 heterocycles. The summed E-state index contributed by atoms with van der Waals surface area (Å²) in [4.78, 5) is 14.1. The smallest absolute Gasteiger partial charge is 0.254 e. The number of aliphatic hydroxyl groups is 1. The minimum Gasteiger partial charge on any atom is -0.395 e. The van der Waals surface area contributed by atoms with Crippen LogP contribution in [0, 0.1) is 0 Å². The van der Waals surface area contributed by atoms with Gasteiger partial charge in [-0.05, 0) is 31.6 Å². The lowest BCUT2D eigenvalue weighted by Crippen LogP contribution is -2.34. The Bertz CT molecular complexity index is 418. The van der Waals surface area contributed by atoms with Crippen molar-refractivity contribution >= 4 is 5.91 Å². The van der Waals surface area contributed by atoms with Gasteiger partial charge in [-0.1, -0.05) is 24.3 Å². The maximum atomic E-state index is 12.5. The molecule has 2 N–H and O–H groups in total. The molecule has 0 fully saturated rings. The van der Waals surface area contributed by atoms with Crippen LogP contribution in [0.25, 0.3) is 0 Å². The van der Waals surface area contributed by atoms with Crippen molar-refractivity contribution in [2.45, 2.75) is 6.42 Å². The molecular weight excluding hydrogens is 240 g/mol. The second-order valence-electron chi connectivity index (χ2n) is 4.27. The molecule has 0 aliphatic rings. The molecule has 0 bridgehead atoms. The summed E-state index contributed by atoms with van der Waals surface area (Å²) >= 11 is 0. The number of benzene rings is 1. The van der Waals surface area contributed by atoms with Crippen molar-refractivity contribution in [1.29, 1.82) is 0 Å². The minimum atomic E-state index is -0.0550. The Morgan fingerprint density at radius 1 is 1.47 bits per heavy atom. The van der Waals surface area contributed by atoms with Crippen LogP contribution in [-0.4, -0.2) is 49.2 Å². The number of aliphatic hydroxyl groups excluding tert-OH is 1. The molecule has 0 unspecified atom stereocenters. The second-order valence-corrected chi connectivity index (χ2v) is 4.27. The van der Waals surface area contributed by atoms with Gasteiger partial charge in [0, 0.05) is 18.7 Å². The van der Waals surface area contributed by atoms with Crippen LogP contribution in [0.3, 0.4) is 0 Å². The van der Waals surface area contributed by atoms with Gasteiger partial charge in [-0.25, -0.2) is 0 Å². The zero-order valence-electron chi connectivity index (χ0n) is 11.4. The summed E-state index contributed by atoms with van der Waals surface area (Å²) < 4.78 is 0. The van der Waals surface area contributed by atoms with Crippen LogP contribution >= 0.6 is 0 Å². The zero-order chi connectivity index (χ0) is 14.1. The van der Waals surface area contributed by atoms with Gasteiger partial charge < -0.3 is 15.3 Å². The van der Waals surface area contributed by atoms with E-state index in [4.69, 9.17) is 5.11 Å². The highest BCUT2D eigenvalue weighted by Crippen LogP contribution is 2.12. The first-order valence-corrected chi connectivity index (χ1v) is 6.48. The minimum absolute atomic E-state index is 0.0434.